The molecule has 29 heavy (non-hydrogen) atoms. The van der Waals surface area contributed by atoms with Crippen molar-refractivity contribution in [2.24, 2.45) is 0 Å². The first-order valence-corrected chi connectivity index (χ1v) is 9.54. The molecule has 4 rings (SSSR count). The van der Waals surface area contributed by atoms with E-state index in [1.54, 1.807) is 0 Å². The molecule has 1 aliphatic heterocycles. The number of hydrogen-bond acceptors (Lipinski definition) is 5. The average Bonchev–Trinajstić information content (AvgIpc) is 2.68. The Hall–Kier alpha value is -2.87. The number of anilines is 3. The van der Waals surface area contributed by atoms with Gasteiger partial charge in [0.2, 0.25) is 5.95 Å². The fourth-order valence-electron chi connectivity index (χ4n) is 3.58. The zero-order chi connectivity index (χ0) is 20.4. The van der Waals surface area contributed by atoms with Gasteiger partial charge in [-0.2, -0.15) is 18.2 Å². The molecule has 0 radical (unpaired) electrons. The van der Waals surface area contributed by atoms with Crippen molar-refractivity contribution in [1.29, 1.82) is 0 Å². The summed E-state index contributed by atoms with van der Waals surface area (Å²) in [5, 5.41) is 7.35. The first-order valence-electron chi connectivity index (χ1n) is 9.54. The van der Waals surface area contributed by atoms with Crippen LogP contribution < -0.4 is 10.6 Å². The maximum Gasteiger partial charge on any atom is 0.416 e. The third kappa shape index (κ3) is 4.59. The summed E-state index contributed by atoms with van der Waals surface area (Å²) in [5.74, 6) is 1.07. The maximum atomic E-state index is 12.8. The van der Waals surface area contributed by atoms with Gasteiger partial charge in [-0.1, -0.05) is 12.1 Å². The lowest BCUT2D eigenvalue weighted by molar-refractivity contribution is -0.137. The van der Waals surface area contributed by atoms with E-state index in [1.165, 1.54) is 12.1 Å². The molecule has 2 aromatic carbocycles. The Morgan fingerprint density at radius 1 is 1.03 bits per heavy atom. The minimum atomic E-state index is -4.36. The maximum absolute atomic E-state index is 12.8. The topological polar surface area (TPSA) is 53.1 Å². The largest absolute Gasteiger partial charge is 0.416 e. The van der Waals surface area contributed by atoms with Gasteiger partial charge in [-0.3, -0.25) is 0 Å². The first-order chi connectivity index (χ1) is 13.9. The predicted octanol–water partition coefficient (Wildman–Crippen LogP) is 4.90. The Labute approximate surface area is 167 Å². The SMILES string of the molecule is CN1CCCC(Nc2nc(Nc3ccc(C(F)(F)F)cc3)c3ccccc3n2)C1. The van der Waals surface area contributed by atoms with Crippen LogP contribution in [0.5, 0.6) is 0 Å². The van der Waals surface area contributed by atoms with Crippen molar-refractivity contribution in [2.75, 3.05) is 30.8 Å². The van der Waals surface area contributed by atoms with Crippen LogP contribution in [-0.4, -0.2) is 41.0 Å². The molecular weight excluding hydrogens is 379 g/mol. The number of nitrogens with zero attached hydrogens (tertiary/aromatic N) is 3. The molecule has 2 N–H and O–H groups in total. The molecule has 1 unspecified atom stereocenters. The van der Waals surface area contributed by atoms with Crippen molar-refractivity contribution < 1.29 is 13.2 Å². The molecule has 0 aliphatic carbocycles. The van der Waals surface area contributed by atoms with Crippen LogP contribution in [0.1, 0.15) is 18.4 Å². The molecule has 0 spiro atoms. The van der Waals surface area contributed by atoms with Crippen LogP contribution in [0, 0.1) is 0 Å². The smallest absolute Gasteiger partial charge is 0.350 e. The van der Waals surface area contributed by atoms with Crippen LogP contribution in [0.4, 0.5) is 30.6 Å². The fourth-order valence-corrected chi connectivity index (χ4v) is 3.58. The Morgan fingerprint density at radius 2 is 1.79 bits per heavy atom. The van der Waals surface area contributed by atoms with Gasteiger partial charge in [0, 0.05) is 23.7 Å². The number of likely N-dealkylation sites (tertiary alicyclic amines) is 1. The molecule has 1 atom stereocenters. The Kier molecular flexibility index (Phi) is 5.27. The van der Waals surface area contributed by atoms with Crippen LogP contribution >= 0.6 is 0 Å². The lowest BCUT2D eigenvalue weighted by atomic mass is 10.1. The second-order valence-electron chi connectivity index (χ2n) is 7.36. The molecule has 0 bridgehead atoms. The number of rotatable bonds is 4. The van der Waals surface area contributed by atoms with Crippen LogP contribution in [0.2, 0.25) is 0 Å². The zero-order valence-electron chi connectivity index (χ0n) is 16.0. The minimum absolute atomic E-state index is 0.258. The van der Waals surface area contributed by atoms with E-state index in [0.29, 0.717) is 17.5 Å². The normalized spacial score (nSPS) is 18.0. The van der Waals surface area contributed by atoms with Gasteiger partial charge in [0.15, 0.2) is 0 Å². The highest BCUT2D eigenvalue weighted by Gasteiger charge is 2.30. The number of piperidine rings is 1. The molecule has 5 nitrogen and oxygen atoms in total. The Morgan fingerprint density at radius 3 is 2.52 bits per heavy atom. The van der Waals surface area contributed by atoms with Crippen LogP contribution in [0.15, 0.2) is 48.5 Å². The summed E-state index contributed by atoms with van der Waals surface area (Å²) >= 11 is 0. The lowest BCUT2D eigenvalue weighted by Gasteiger charge is -2.30. The van der Waals surface area contributed by atoms with E-state index in [-0.39, 0.29) is 6.04 Å². The van der Waals surface area contributed by atoms with Crippen molar-refractivity contribution in [3.8, 4) is 0 Å². The Balaban J connectivity index is 1.62. The highest BCUT2D eigenvalue weighted by atomic mass is 19.4. The van der Waals surface area contributed by atoms with Gasteiger partial charge in [0.05, 0.1) is 11.1 Å². The van der Waals surface area contributed by atoms with Crippen molar-refractivity contribution in [3.05, 3.63) is 54.1 Å². The van der Waals surface area contributed by atoms with Crippen molar-refractivity contribution in [2.45, 2.75) is 25.1 Å². The standard InChI is InChI=1S/C21H22F3N5/c1-29-12-4-5-16(13-29)26-20-27-18-7-3-2-6-17(18)19(28-20)25-15-10-8-14(9-11-15)21(22,23)24/h2-3,6-11,16H,4-5,12-13H2,1H3,(H2,25,26,27,28). The lowest BCUT2D eigenvalue weighted by Crippen LogP contribution is -2.40. The number of para-hydroxylation sites is 1. The van der Waals surface area contributed by atoms with E-state index >= 15 is 0 Å². The molecule has 0 amide bonds. The molecule has 8 heteroatoms. The van der Waals surface area contributed by atoms with Gasteiger partial charge in [-0.25, -0.2) is 4.98 Å². The highest BCUT2D eigenvalue weighted by Crippen LogP contribution is 2.31. The van der Waals surface area contributed by atoms with E-state index < -0.39 is 11.7 Å². The second kappa shape index (κ2) is 7.87. The number of alkyl halides is 3. The predicted molar refractivity (Wildman–Crippen MR) is 108 cm³/mol. The summed E-state index contributed by atoms with van der Waals surface area (Å²) in [7, 11) is 2.09. The van der Waals surface area contributed by atoms with Crippen molar-refractivity contribution in [3.63, 3.8) is 0 Å². The van der Waals surface area contributed by atoms with Gasteiger partial charge in [0.25, 0.3) is 0 Å². The van der Waals surface area contributed by atoms with Gasteiger partial charge >= 0.3 is 6.18 Å². The zero-order valence-corrected chi connectivity index (χ0v) is 16.0. The third-order valence-corrected chi connectivity index (χ3v) is 5.04. The van der Waals surface area contributed by atoms with Gasteiger partial charge in [-0.05, 0) is 62.8 Å². The molecule has 3 aromatic rings. The number of fused-ring (bicyclic) bond motifs is 1. The molecular formula is C21H22F3N5. The van der Waals surface area contributed by atoms with E-state index in [1.807, 2.05) is 24.3 Å². The van der Waals surface area contributed by atoms with Crippen molar-refractivity contribution >= 4 is 28.4 Å². The molecule has 0 saturated carbocycles. The molecule has 1 aliphatic rings. The number of halogens is 3. The number of benzene rings is 2. The quantitative estimate of drug-likeness (QED) is 0.651. The molecule has 1 aromatic heterocycles. The monoisotopic (exact) mass is 401 g/mol. The summed E-state index contributed by atoms with van der Waals surface area (Å²) in [6.07, 6.45) is -2.20. The minimum Gasteiger partial charge on any atom is -0.350 e. The highest BCUT2D eigenvalue weighted by molar-refractivity contribution is 5.91. The van der Waals surface area contributed by atoms with E-state index in [2.05, 4.69) is 32.5 Å². The number of aromatic nitrogens is 2. The van der Waals surface area contributed by atoms with E-state index in [0.717, 1.165) is 49.0 Å². The number of hydrogen-bond donors (Lipinski definition) is 2. The average molecular weight is 401 g/mol. The molecule has 152 valence electrons. The molecule has 2 heterocycles. The summed E-state index contributed by atoms with van der Waals surface area (Å²) < 4.78 is 38.4. The molecule has 1 fully saturated rings. The van der Waals surface area contributed by atoms with E-state index in [4.69, 9.17) is 0 Å². The van der Waals surface area contributed by atoms with E-state index in [9.17, 15) is 13.2 Å². The van der Waals surface area contributed by atoms with Gasteiger partial charge < -0.3 is 15.5 Å². The summed E-state index contributed by atoms with van der Waals surface area (Å²) in [5.41, 5.74) is 0.619. The van der Waals surface area contributed by atoms with Gasteiger partial charge in [0.1, 0.15) is 5.82 Å². The van der Waals surface area contributed by atoms with Gasteiger partial charge in [-0.15, -0.1) is 0 Å². The summed E-state index contributed by atoms with van der Waals surface area (Å²) in [6, 6.07) is 12.8. The third-order valence-electron chi connectivity index (χ3n) is 5.04. The first kappa shape index (κ1) is 19.4. The van der Waals surface area contributed by atoms with Crippen LogP contribution in [-0.2, 0) is 6.18 Å². The summed E-state index contributed by atoms with van der Waals surface area (Å²) in [6.45, 7) is 2.00. The van der Waals surface area contributed by atoms with Crippen molar-refractivity contribution in [1.82, 2.24) is 14.9 Å². The molecule has 1 saturated heterocycles. The second-order valence-corrected chi connectivity index (χ2v) is 7.36. The number of likely N-dealkylation sites (N-methyl/N-ethyl adjacent to an activating group) is 1. The summed E-state index contributed by atoms with van der Waals surface area (Å²) in [4.78, 5) is 11.5. The Bertz CT molecular complexity index is 988. The van der Waals surface area contributed by atoms with Crippen LogP contribution in [0.3, 0.4) is 0 Å². The fraction of sp³-hybridized carbons (Fsp3) is 0.333. The number of nitrogens with one attached hydrogen (secondary N) is 2. The van der Waals surface area contributed by atoms with Crippen LogP contribution in [0.25, 0.3) is 10.9 Å².